The van der Waals surface area contributed by atoms with Crippen molar-refractivity contribution in [2.24, 2.45) is 0 Å². The second kappa shape index (κ2) is 6.15. The Balaban J connectivity index is 1.90. The Hall–Kier alpha value is -0.780. The molecule has 1 N–H and O–H groups in total. The van der Waals surface area contributed by atoms with Gasteiger partial charge in [-0.3, -0.25) is 0 Å². The van der Waals surface area contributed by atoms with Crippen molar-refractivity contribution in [1.29, 1.82) is 0 Å². The van der Waals surface area contributed by atoms with Crippen LogP contribution in [-0.2, 0) is 6.54 Å². The van der Waals surface area contributed by atoms with E-state index in [0.717, 1.165) is 22.8 Å². The number of hydrogen-bond donors (Lipinski definition) is 1. The zero-order valence-electron chi connectivity index (χ0n) is 12.1. The van der Waals surface area contributed by atoms with Crippen LogP contribution < -0.4 is 5.32 Å². The summed E-state index contributed by atoms with van der Waals surface area (Å²) in [6, 6.07) is 5.77. The molecule has 1 fully saturated rings. The summed E-state index contributed by atoms with van der Waals surface area (Å²) in [6.45, 7) is 5.22. The highest BCUT2D eigenvalue weighted by Crippen LogP contribution is 2.34. The summed E-state index contributed by atoms with van der Waals surface area (Å²) < 4.78 is 13.9. The van der Waals surface area contributed by atoms with Gasteiger partial charge in [-0.25, -0.2) is 9.37 Å². The zero-order valence-corrected chi connectivity index (χ0v) is 14.5. The van der Waals surface area contributed by atoms with E-state index < -0.39 is 0 Å². The van der Waals surface area contributed by atoms with Crippen molar-refractivity contribution in [3.05, 3.63) is 39.1 Å². The molecule has 0 aliphatic heterocycles. The molecule has 0 amide bonds. The minimum absolute atomic E-state index is 0.241. The molecule has 1 heterocycles. The summed E-state index contributed by atoms with van der Waals surface area (Å²) >= 11 is 4.95. The molecule has 2 nitrogen and oxygen atoms in total. The first-order chi connectivity index (χ1) is 10.0. The van der Waals surface area contributed by atoms with Crippen molar-refractivity contribution in [1.82, 2.24) is 10.3 Å². The number of nitrogens with zero attached hydrogens (tertiary/aromatic N) is 1. The van der Waals surface area contributed by atoms with E-state index in [-0.39, 0.29) is 5.82 Å². The van der Waals surface area contributed by atoms with Crippen LogP contribution in [0.1, 0.15) is 43.2 Å². The quantitative estimate of drug-likeness (QED) is 0.794. The Bertz CT molecular complexity index is 650. The molecular formula is C16H18BrFN2S. The van der Waals surface area contributed by atoms with Crippen LogP contribution in [0.3, 0.4) is 0 Å². The maximum Gasteiger partial charge on any atom is 0.137 e. The molecule has 3 rings (SSSR count). The van der Waals surface area contributed by atoms with Gasteiger partial charge in [0.25, 0.3) is 0 Å². The summed E-state index contributed by atoms with van der Waals surface area (Å²) in [6.07, 6.45) is 2.57. The Morgan fingerprint density at radius 3 is 2.81 bits per heavy atom. The summed E-state index contributed by atoms with van der Waals surface area (Å²) in [5.41, 5.74) is 2.12. The Morgan fingerprint density at radius 1 is 1.43 bits per heavy atom. The highest BCUT2D eigenvalue weighted by atomic mass is 79.9. The fourth-order valence-corrected chi connectivity index (χ4v) is 3.76. The standard InChI is InChI=1S/C16H18BrFN2S/c1-9(2)15-14(8-19-11-4-5-11)21-16(20-15)10-3-6-13(18)12(17)7-10/h3,6-7,9,11,19H,4-5,8H2,1-2H3. The molecular weight excluding hydrogens is 351 g/mol. The van der Waals surface area contributed by atoms with E-state index in [2.05, 4.69) is 35.1 Å². The van der Waals surface area contributed by atoms with E-state index in [4.69, 9.17) is 4.98 Å². The first-order valence-electron chi connectivity index (χ1n) is 7.23. The van der Waals surface area contributed by atoms with Crippen molar-refractivity contribution in [3.63, 3.8) is 0 Å². The van der Waals surface area contributed by atoms with Crippen LogP contribution in [0.15, 0.2) is 22.7 Å². The van der Waals surface area contributed by atoms with Crippen molar-refractivity contribution >= 4 is 27.3 Å². The molecule has 21 heavy (non-hydrogen) atoms. The Labute approximate surface area is 136 Å². The third-order valence-corrected chi connectivity index (χ3v) is 5.30. The molecule has 112 valence electrons. The molecule has 5 heteroatoms. The van der Waals surface area contributed by atoms with E-state index in [1.807, 2.05) is 0 Å². The van der Waals surface area contributed by atoms with E-state index in [9.17, 15) is 4.39 Å². The molecule has 2 aromatic rings. The monoisotopic (exact) mass is 368 g/mol. The minimum Gasteiger partial charge on any atom is -0.309 e. The molecule has 0 atom stereocenters. The number of aromatic nitrogens is 1. The first kappa shape index (κ1) is 15.1. The summed E-state index contributed by atoms with van der Waals surface area (Å²) in [5.74, 6) is 0.157. The average molecular weight is 369 g/mol. The Kier molecular flexibility index (Phi) is 4.43. The molecule has 0 unspecified atom stereocenters. The molecule has 1 aliphatic rings. The third-order valence-electron chi connectivity index (χ3n) is 3.57. The number of rotatable bonds is 5. The molecule has 1 aromatic heterocycles. The van der Waals surface area contributed by atoms with Crippen LogP contribution in [0.5, 0.6) is 0 Å². The summed E-state index contributed by atoms with van der Waals surface area (Å²) in [5, 5.41) is 4.52. The highest BCUT2D eigenvalue weighted by molar-refractivity contribution is 9.10. The van der Waals surface area contributed by atoms with Crippen LogP contribution in [-0.4, -0.2) is 11.0 Å². The van der Waals surface area contributed by atoms with Crippen molar-refractivity contribution in [2.75, 3.05) is 0 Å². The lowest BCUT2D eigenvalue weighted by Gasteiger charge is -2.05. The van der Waals surface area contributed by atoms with Gasteiger partial charge in [0.15, 0.2) is 0 Å². The molecule has 1 aromatic carbocycles. The van der Waals surface area contributed by atoms with Gasteiger partial charge < -0.3 is 5.32 Å². The van der Waals surface area contributed by atoms with Gasteiger partial charge in [0, 0.05) is 23.0 Å². The van der Waals surface area contributed by atoms with Crippen molar-refractivity contribution in [2.45, 2.75) is 45.2 Å². The largest absolute Gasteiger partial charge is 0.309 e. The molecule has 1 aliphatic carbocycles. The Morgan fingerprint density at radius 2 is 2.19 bits per heavy atom. The number of benzene rings is 1. The highest BCUT2D eigenvalue weighted by Gasteiger charge is 2.22. The van der Waals surface area contributed by atoms with Gasteiger partial charge >= 0.3 is 0 Å². The van der Waals surface area contributed by atoms with E-state index >= 15 is 0 Å². The predicted molar refractivity (Wildman–Crippen MR) is 89.2 cm³/mol. The maximum absolute atomic E-state index is 13.4. The minimum atomic E-state index is -0.241. The number of halogens is 2. The average Bonchev–Trinajstić information content (AvgIpc) is 3.17. The molecule has 0 radical (unpaired) electrons. The molecule has 0 saturated heterocycles. The van der Waals surface area contributed by atoms with Gasteiger partial charge in [0.1, 0.15) is 10.8 Å². The van der Waals surface area contributed by atoms with E-state index in [1.165, 1.54) is 23.8 Å². The lowest BCUT2D eigenvalue weighted by atomic mass is 10.1. The number of thiazole rings is 1. The molecule has 0 bridgehead atoms. The van der Waals surface area contributed by atoms with Gasteiger partial charge in [0.2, 0.25) is 0 Å². The number of nitrogens with one attached hydrogen (secondary N) is 1. The van der Waals surface area contributed by atoms with Gasteiger partial charge in [-0.1, -0.05) is 13.8 Å². The van der Waals surface area contributed by atoms with Gasteiger partial charge in [-0.2, -0.15) is 0 Å². The van der Waals surface area contributed by atoms with Gasteiger partial charge in [-0.05, 0) is 52.9 Å². The first-order valence-corrected chi connectivity index (χ1v) is 8.84. The smallest absolute Gasteiger partial charge is 0.137 e. The van der Waals surface area contributed by atoms with Gasteiger partial charge in [0.05, 0.1) is 10.2 Å². The van der Waals surface area contributed by atoms with Crippen molar-refractivity contribution in [3.8, 4) is 10.6 Å². The lowest BCUT2D eigenvalue weighted by molar-refractivity contribution is 0.621. The van der Waals surface area contributed by atoms with Crippen LogP contribution in [0.25, 0.3) is 10.6 Å². The molecule has 1 saturated carbocycles. The summed E-state index contributed by atoms with van der Waals surface area (Å²) in [7, 11) is 0. The lowest BCUT2D eigenvalue weighted by Crippen LogP contribution is -2.15. The van der Waals surface area contributed by atoms with Crippen molar-refractivity contribution < 1.29 is 4.39 Å². The van der Waals surface area contributed by atoms with Crippen LogP contribution in [0.2, 0.25) is 0 Å². The normalized spacial score (nSPS) is 14.9. The second-order valence-electron chi connectivity index (χ2n) is 5.77. The fraction of sp³-hybridized carbons (Fsp3) is 0.438. The van der Waals surface area contributed by atoms with Crippen LogP contribution in [0.4, 0.5) is 4.39 Å². The van der Waals surface area contributed by atoms with Crippen LogP contribution >= 0.6 is 27.3 Å². The van der Waals surface area contributed by atoms with E-state index in [1.54, 1.807) is 23.5 Å². The topological polar surface area (TPSA) is 24.9 Å². The predicted octanol–water partition coefficient (Wildman–Crippen LogP) is 5.09. The summed E-state index contributed by atoms with van der Waals surface area (Å²) in [4.78, 5) is 6.08. The SMILES string of the molecule is CC(C)c1nc(-c2ccc(F)c(Br)c2)sc1CNC1CC1. The zero-order chi connectivity index (χ0) is 15.0. The van der Waals surface area contributed by atoms with E-state index in [0.29, 0.717) is 16.4 Å². The maximum atomic E-state index is 13.4. The second-order valence-corrected chi connectivity index (χ2v) is 7.70. The van der Waals surface area contributed by atoms with Gasteiger partial charge in [-0.15, -0.1) is 11.3 Å². The third kappa shape index (κ3) is 3.52. The molecule has 0 spiro atoms. The number of hydrogen-bond acceptors (Lipinski definition) is 3. The van der Waals surface area contributed by atoms with Crippen LogP contribution in [0, 0.1) is 5.82 Å². The fourth-order valence-electron chi connectivity index (χ4n) is 2.22.